The number of carbonyl (C=O) groups excluding carboxylic acids is 2. The van der Waals surface area contributed by atoms with E-state index < -0.39 is 10.0 Å². The van der Waals surface area contributed by atoms with Crippen LogP contribution in [0.2, 0.25) is 0 Å². The van der Waals surface area contributed by atoms with Crippen LogP contribution < -0.4 is 5.32 Å². The summed E-state index contributed by atoms with van der Waals surface area (Å²) in [5, 5.41) is 4.51. The zero-order valence-corrected chi connectivity index (χ0v) is 26.5. The molecule has 4 aromatic rings. The normalized spacial score (nSPS) is 19.3. The standard InChI is InChI=1S/C30H32N4O6S3/c1-4-39-30(36)33-14-13-22-25(17-33)42-29(26(22)28-31-23-7-5-6-8-24(23)41-28)32-27(35)20-9-11-21(12-10-20)43(37,38)34-15-18(2)40-19(3)16-34/h5-12,18-19H,4,13-17H2,1-3H3,(H,32,35). The summed E-state index contributed by atoms with van der Waals surface area (Å²) in [6.45, 7) is 7.23. The molecule has 0 saturated carbocycles. The van der Waals surface area contributed by atoms with Crippen molar-refractivity contribution in [2.45, 2.75) is 50.8 Å². The average Bonchev–Trinajstić information content (AvgIpc) is 3.57. The molecular formula is C30H32N4O6S3. The van der Waals surface area contributed by atoms with E-state index in [-0.39, 0.29) is 42.2 Å². The Labute approximate surface area is 258 Å². The van der Waals surface area contributed by atoms with E-state index in [2.05, 4.69) is 5.32 Å². The minimum absolute atomic E-state index is 0.131. The maximum absolute atomic E-state index is 13.5. The van der Waals surface area contributed by atoms with Crippen molar-refractivity contribution in [2.75, 3.05) is 31.6 Å². The lowest BCUT2D eigenvalue weighted by Gasteiger charge is -2.34. The van der Waals surface area contributed by atoms with Gasteiger partial charge in [0.25, 0.3) is 5.91 Å². The van der Waals surface area contributed by atoms with E-state index in [1.54, 1.807) is 23.2 Å². The third-order valence-corrected chi connectivity index (χ3v) is 11.5. The molecule has 1 saturated heterocycles. The Balaban J connectivity index is 1.29. The van der Waals surface area contributed by atoms with Gasteiger partial charge in [0.15, 0.2) is 0 Å². The van der Waals surface area contributed by atoms with Gasteiger partial charge >= 0.3 is 6.09 Å². The lowest BCUT2D eigenvalue weighted by atomic mass is 10.0. The van der Waals surface area contributed by atoms with Gasteiger partial charge in [-0.2, -0.15) is 4.31 Å². The van der Waals surface area contributed by atoms with E-state index in [1.807, 2.05) is 38.1 Å². The van der Waals surface area contributed by atoms with E-state index >= 15 is 0 Å². The molecule has 226 valence electrons. The number of rotatable bonds is 6. The third-order valence-electron chi connectivity index (χ3n) is 7.46. The number of anilines is 1. The number of hydrogen-bond acceptors (Lipinski definition) is 9. The molecule has 13 heteroatoms. The Morgan fingerprint density at radius 3 is 2.49 bits per heavy atom. The largest absolute Gasteiger partial charge is 0.450 e. The molecule has 0 radical (unpaired) electrons. The summed E-state index contributed by atoms with van der Waals surface area (Å²) in [7, 11) is -3.73. The molecular weight excluding hydrogens is 609 g/mol. The highest BCUT2D eigenvalue weighted by molar-refractivity contribution is 7.89. The predicted octanol–water partition coefficient (Wildman–Crippen LogP) is 5.59. The van der Waals surface area contributed by atoms with Gasteiger partial charge in [0.2, 0.25) is 10.0 Å². The number of morpholine rings is 1. The van der Waals surface area contributed by atoms with Crippen LogP contribution in [0.3, 0.4) is 0 Å². The maximum atomic E-state index is 13.5. The number of nitrogens with zero attached hydrogens (tertiary/aromatic N) is 3. The number of hydrogen-bond donors (Lipinski definition) is 1. The fourth-order valence-electron chi connectivity index (χ4n) is 5.50. The van der Waals surface area contributed by atoms with Crippen molar-refractivity contribution in [3.05, 3.63) is 64.5 Å². The minimum atomic E-state index is -3.73. The van der Waals surface area contributed by atoms with Gasteiger partial charge in [-0.25, -0.2) is 18.2 Å². The van der Waals surface area contributed by atoms with E-state index in [0.29, 0.717) is 36.7 Å². The van der Waals surface area contributed by atoms with Crippen LogP contribution in [0.25, 0.3) is 20.8 Å². The van der Waals surface area contributed by atoms with Crippen molar-refractivity contribution in [3.63, 3.8) is 0 Å². The SMILES string of the molecule is CCOC(=O)N1CCc2c(sc(NC(=O)c3ccc(S(=O)(=O)N4CC(C)OC(C)C4)cc3)c2-c2nc3ccccc3s2)C1. The van der Waals surface area contributed by atoms with Crippen LogP contribution in [0.1, 0.15) is 41.6 Å². The molecule has 43 heavy (non-hydrogen) atoms. The fraction of sp³-hybridized carbons (Fsp3) is 0.367. The maximum Gasteiger partial charge on any atom is 0.410 e. The molecule has 2 unspecified atom stereocenters. The number of fused-ring (bicyclic) bond motifs is 2. The Kier molecular flexibility index (Phi) is 8.26. The zero-order chi connectivity index (χ0) is 30.3. The van der Waals surface area contributed by atoms with Gasteiger partial charge in [0.05, 0.1) is 40.5 Å². The van der Waals surface area contributed by atoms with Gasteiger partial charge in [-0.15, -0.1) is 22.7 Å². The van der Waals surface area contributed by atoms with Gasteiger partial charge in [-0.1, -0.05) is 12.1 Å². The first-order chi connectivity index (χ1) is 20.6. The number of aromatic nitrogens is 1. The number of benzene rings is 2. The van der Waals surface area contributed by atoms with Crippen molar-refractivity contribution >= 4 is 59.9 Å². The summed E-state index contributed by atoms with van der Waals surface area (Å²) in [4.78, 5) is 33.6. The molecule has 2 amide bonds. The molecule has 2 aromatic heterocycles. The van der Waals surface area contributed by atoms with Crippen molar-refractivity contribution in [3.8, 4) is 10.6 Å². The van der Waals surface area contributed by atoms with E-state index in [4.69, 9.17) is 14.5 Å². The summed E-state index contributed by atoms with van der Waals surface area (Å²) in [5.74, 6) is -0.360. The van der Waals surface area contributed by atoms with E-state index in [0.717, 1.165) is 31.2 Å². The van der Waals surface area contributed by atoms with Gasteiger partial charge in [-0.3, -0.25) is 4.79 Å². The van der Waals surface area contributed by atoms with Gasteiger partial charge in [0, 0.05) is 35.6 Å². The monoisotopic (exact) mass is 640 g/mol. The number of amides is 2. The molecule has 4 heterocycles. The number of nitrogens with one attached hydrogen (secondary N) is 1. The molecule has 10 nitrogen and oxygen atoms in total. The van der Waals surface area contributed by atoms with E-state index in [1.165, 1.54) is 39.9 Å². The first-order valence-corrected chi connectivity index (χ1v) is 17.2. The Morgan fingerprint density at radius 2 is 1.79 bits per heavy atom. The number of sulfonamides is 1. The van der Waals surface area contributed by atoms with Gasteiger partial charge < -0.3 is 19.7 Å². The number of carbonyl (C=O) groups is 2. The Bertz CT molecular complexity index is 1740. The molecule has 1 N–H and O–H groups in total. The first kappa shape index (κ1) is 29.7. The van der Waals surface area contributed by atoms with Crippen LogP contribution in [-0.4, -0.2) is 73.1 Å². The van der Waals surface area contributed by atoms with Crippen molar-refractivity contribution < 1.29 is 27.5 Å². The molecule has 2 aliphatic rings. The number of thiazole rings is 1. The van der Waals surface area contributed by atoms with Crippen LogP contribution in [0.4, 0.5) is 9.80 Å². The van der Waals surface area contributed by atoms with Crippen LogP contribution >= 0.6 is 22.7 Å². The molecule has 0 aliphatic carbocycles. The molecule has 6 rings (SSSR count). The van der Waals surface area contributed by atoms with Crippen LogP contribution in [-0.2, 0) is 32.5 Å². The lowest BCUT2D eigenvalue weighted by Crippen LogP contribution is -2.48. The van der Waals surface area contributed by atoms with Gasteiger partial charge in [-0.05, 0) is 69.2 Å². The highest BCUT2D eigenvalue weighted by atomic mass is 32.2. The third kappa shape index (κ3) is 5.92. The molecule has 2 aromatic carbocycles. The van der Waals surface area contributed by atoms with Crippen LogP contribution in [0.5, 0.6) is 0 Å². The smallest absolute Gasteiger partial charge is 0.410 e. The van der Waals surface area contributed by atoms with E-state index in [9.17, 15) is 18.0 Å². The Morgan fingerprint density at radius 1 is 1.07 bits per heavy atom. The van der Waals surface area contributed by atoms with Crippen molar-refractivity contribution in [1.29, 1.82) is 0 Å². The summed E-state index contributed by atoms with van der Waals surface area (Å²) in [6, 6.07) is 13.9. The van der Waals surface area contributed by atoms with Crippen molar-refractivity contribution in [1.82, 2.24) is 14.2 Å². The molecule has 0 spiro atoms. The first-order valence-electron chi connectivity index (χ1n) is 14.1. The number of para-hydroxylation sites is 1. The summed E-state index contributed by atoms with van der Waals surface area (Å²) in [6.07, 6.45) is -0.148. The zero-order valence-electron chi connectivity index (χ0n) is 24.0. The second kappa shape index (κ2) is 12.0. The topological polar surface area (TPSA) is 118 Å². The second-order valence-electron chi connectivity index (χ2n) is 10.6. The quantitative estimate of drug-likeness (QED) is 0.292. The molecule has 0 bridgehead atoms. The number of thiophene rings is 1. The van der Waals surface area contributed by atoms with Gasteiger partial charge in [0.1, 0.15) is 10.0 Å². The number of ether oxygens (including phenoxy) is 2. The second-order valence-corrected chi connectivity index (χ2v) is 14.7. The fourth-order valence-corrected chi connectivity index (χ4v) is 9.46. The lowest BCUT2D eigenvalue weighted by molar-refractivity contribution is -0.0440. The summed E-state index contributed by atoms with van der Waals surface area (Å²) >= 11 is 2.98. The molecule has 1 fully saturated rings. The Hall–Kier alpha value is -3.36. The van der Waals surface area contributed by atoms with Crippen LogP contribution in [0, 0.1) is 0 Å². The summed E-state index contributed by atoms with van der Waals surface area (Å²) in [5.41, 5.74) is 3.14. The minimum Gasteiger partial charge on any atom is -0.450 e. The van der Waals surface area contributed by atoms with Crippen LogP contribution in [0.15, 0.2) is 53.4 Å². The molecule has 2 aliphatic heterocycles. The van der Waals surface area contributed by atoms with Crippen molar-refractivity contribution in [2.24, 2.45) is 0 Å². The predicted molar refractivity (Wildman–Crippen MR) is 167 cm³/mol. The highest BCUT2D eigenvalue weighted by Gasteiger charge is 2.33. The summed E-state index contributed by atoms with van der Waals surface area (Å²) < 4.78 is 39.9. The molecule has 2 atom stereocenters. The average molecular weight is 641 g/mol. The highest BCUT2D eigenvalue weighted by Crippen LogP contribution is 2.46.